The van der Waals surface area contributed by atoms with Crippen LogP contribution in [0, 0.1) is 5.82 Å². The van der Waals surface area contributed by atoms with Crippen molar-refractivity contribution in [3.63, 3.8) is 0 Å². The molecule has 0 spiro atoms. The number of nitrogens with zero attached hydrogens (tertiary/aromatic N) is 2. The molecule has 2 rings (SSSR count). The summed E-state index contributed by atoms with van der Waals surface area (Å²) in [7, 11) is 1.81. The average Bonchev–Trinajstić information content (AvgIpc) is 3.14. The van der Waals surface area contributed by atoms with E-state index in [1.165, 1.54) is 57.5 Å². The average molecular weight is 494 g/mol. The van der Waals surface area contributed by atoms with Crippen molar-refractivity contribution in [2.45, 2.75) is 37.0 Å². The first-order valence-corrected chi connectivity index (χ1v) is 10.3. The number of unbranched alkanes of at least 4 members (excludes halogenated alkanes) is 1. The van der Waals surface area contributed by atoms with Crippen LogP contribution in [0.1, 0.15) is 32.1 Å². The lowest BCUT2D eigenvalue weighted by Crippen LogP contribution is -2.38. The summed E-state index contributed by atoms with van der Waals surface area (Å²) in [6.07, 6.45) is 6.20. The highest BCUT2D eigenvalue weighted by Crippen LogP contribution is 2.18. The highest BCUT2D eigenvalue weighted by Gasteiger charge is 2.09. The van der Waals surface area contributed by atoms with Crippen LogP contribution in [-0.2, 0) is 0 Å². The van der Waals surface area contributed by atoms with Crippen LogP contribution in [0.25, 0.3) is 0 Å². The minimum atomic E-state index is -0.179. The molecule has 0 amide bonds. The number of benzene rings is 1. The molecule has 0 aliphatic carbocycles. The zero-order valence-corrected chi connectivity index (χ0v) is 18.8. The van der Waals surface area contributed by atoms with Gasteiger partial charge in [-0.1, -0.05) is 0 Å². The van der Waals surface area contributed by atoms with Gasteiger partial charge in [0.25, 0.3) is 0 Å². The Hall–Kier alpha value is -0.540. The molecule has 1 aromatic carbocycles. The van der Waals surface area contributed by atoms with E-state index in [1.54, 1.807) is 11.8 Å². The zero-order chi connectivity index (χ0) is 17.7. The summed E-state index contributed by atoms with van der Waals surface area (Å²) in [4.78, 5) is 7.94. The quantitative estimate of drug-likeness (QED) is 0.170. The Kier molecular flexibility index (Phi) is 13.1. The second kappa shape index (κ2) is 14.5. The number of rotatable bonds is 10. The molecule has 0 atom stereocenters. The molecule has 7 heteroatoms. The first kappa shape index (κ1) is 23.5. The van der Waals surface area contributed by atoms with Gasteiger partial charge in [0, 0.05) is 25.0 Å². The summed E-state index contributed by atoms with van der Waals surface area (Å²) in [6.45, 7) is 5.66. The minimum absolute atomic E-state index is 0. The number of aliphatic imine (C=N–C) groups is 1. The zero-order valence-electron chi connectivity index (χ0n) is 15.7. The van der Waals surface area contributed by atoms with Gasteiger partial charge in [-0.3, -0.25) is 4.99 Å². The fourth-order valence-corrected chi connectivity index (χ4v) is 3.75. The molecule has 0 saturated carbocycles. The van der Waals surface area contributed by atoms with E-state index < -0.39 is 0 Å². The molecule has 4 nitrogen and oxygen atoms in total. The van der Waals surface area contributed by atoms with Crippen molar-refractivity contribution >= 4 is 41.7 Å². The SMILES string of the molecule is CN=C(NCCCCN1CCCC1)NCCCSc1ccc(F)cc1.I. The predicted octanol–water partition coefficient (Wildman–Crippen LogP) is 3.97. The lowest BCUT2D eigenvalue weighted by molar-refractivity contribution is 0.330. The van der Waals surface area contributed by atoms with Gasteiger partial charge in [0.2, 0.25) is 0 Å². The first-order valence-electron chi connectivity index (χ1n) is 9.33. The maximum Gasteiger partial charge on any atom is 0.190 e. The fraction of sp³-hybridized carbons (Fsp3) is 0.632. The summed E-state index contributed by atoms with van der Waals surface area (Å²) in [5, 5.41) is 6.73. The Morgan fingerprint density at radius 3 is 2.38 bits per heavy atom. The van der Waals surface area contributed by atoms with E-state index >= 15 is 0 Å². The molecule has 0 bridgehead atoms. The molecule has 1 heterocycles. The molecule has 0 radical (unpaired) electrons. The lowest BCUT2D eigenvalue weighted by atomic mass is 10.3. The number of hydrogen-bond donors (Lipinski definition) is 2. The summed E-state index contributed by atoms with van der Waals surface area (Å²) < 4.78 is 12.8. The fourth-order valence-electron chi connectivity index (χ4n) is 2.89. The largest absolute Gasteiger partial charge is 0.356 e. The van der Waals surface area contributed by atoms with Gasteiger partial charge in [-0.15, -0.1) is 35.7 Å². The summed E-state index contributed by atoms with van der Waals surface area (Å²) in [5.41, 5.74) is 0. The Labute approximate surface area is 178 Å². The molecule has 1 aromatic rings. The molecule has 1 fully saturated rings. The Bertz CT molecular complexity index is 507. The van der Waals surface area contributed by atoms with E-state index in [0.29, 0.717) is 0 Å². The first-order chi connectivity index (χ1) is 12.3. The van der Waals surface area contributed by atoms with Crippen molar-refractivity contribution in [3.8, 4) is 0 Å². The number of guanidine groups is 1. The molecular weight excluding hydrogens is 462 g/mol. The van der Waals surface area contributed by atoms with Gasteiger partial charge in [-0.2, -0.15) is 0 Å². The van der Waals surface area contributed by atoms with Crippen LogP contribution < -0.4 is 10.6 Å². The Balaban J connectivity index is 0.00000338. The molecule has 1 aliphatic heterocycles. The van der Waals surface area contributed by atoms with Crippen LogP contribution >= 0.6 is 35.7 Å². The molecule has 0 unspecified atom stereocenters. The van der Waals surface area contributed by atoms with Gasteiger partial charge in [-0.25, -0.2) is 4.39 Å². The molecule has 1 saturated heterocycles. The van der Waals surface area contributed by atoms with E-state index in [1.807, 2.05) is 19.2 Å². The molecule has 0 aromatic heterocycles. The van der Waals surface area contributed by atoms with Crippen LogP contribution in [0.3, 0.4) is 0 Å². The van der Waals surface area contributed by atoms with Crippen LogP contribution in [0.4, 0.5) is 4.39 Å². The molecular formula is C19H32FIN4S. The third-order valence-corrected chi connectivity index (χ3v) is 5.41. The van der Waals surface area contributed by atoms with Crippen LogP contribution in [-0.4, -0.2) is 56.4 Å². The molecule has 2 N–H and O–H groups in total. The third-order valence-electron chi connectivity index (χ3n) is 4.31. The second-order valence-corrected chi connectivity index (χ2v) is 7.51. The van der Waals surface area contributed by atoms with Gasteiger partial charge in [0.1, 0.15) is 5.82 Å². The number of halogens is 2. The van der Waals surface area contributed by atoms with E-state index in [2.05, 4.69) is 20.5 Å². The van der Waals surface area contributed by atoms with Crippen LogP contribution in [0.15, 0.2) is 34.2 Å². The maximum atomic E-state index is 12.8. The van der Waals surface area contributed by atoms with Crippen LogP contribution in [0.5, 0.6) is 0 Å². The minimum Gasteiger partial charge on any atom is -0.356 e. The number of thioether (sulfide) groups is 1. The predicted molar refractivity (Wildman–Crippen MR) is 121 cm³/mol. The number of hydrogen-bond acceptors (Lipinski definition) is 3. The summed E-state index contributed by atoms with van der Waals surface area (Å²) in [5.74, 6) is 1.71. The lowest BCUT2D eigenvalue weighted by Gasteiger charge is -2.15. The summed E-state index contributed by atoms with van der Waals surface area (Å²) in [6, 6.07) is 6.68. The topological polar surface area (TPSA) is 39.7 Å². The van der Waals surface area contributed by atoms with Crippen molar-refractivity contribution < 1.29 is 4.39 Å². The van der Waals surface area contributed by atoms with Crippen LogP contribution in [0.2, 0.25) is 0 Å². The van der Waals surface area contributed by atoms with Crippen molar-refractivity contribution in [1.29, 1.82) is 0 Å². The molecule has 26 heavy (non-hydrogen) atoms. The van der Waals surface area contributed by atoms with Crippen molar-refractivity contribution in [3.05, 3.63) is 30.1 Å². The van der Waals surface area contributed by atoms with E-state index in [4.69, 9.17) is 0 Å². The van der Waals surface area contributed by atoms with Gasteiger partial charge in [0.15, 0.2) is 5.96 Å². The van der Waals surface area contributed by atoms with Gasteiger partial charge in [0.05, 0.1) is 0 Å². The Morgan fingerprint density at radius 1 is 1.08 bits per heavy atom. The van der Waals surface area contributed by atoms with E-state index in [-0.39, 0.29) is 29.8 Å². The third kappa shape index (κ3) is 9.97. The Morgan fingerprint density at radius 2 is 1.73 bits per heavy atom. The van der Waals surface area contributed by atoms with Gasteiger partial charge >= 0.3 is 0 Å². The highest BCUT2D eigenvalue weighted by molar-refractivity contribution is 14.0. The number of likely N-dealkylation sites (tertiary alicyclic amines) is 1. The normalized spacial score (nSPS) is 14.9. The molecule has 148 valence electrons. The van der Waals surface area contributed by atoms with Crippen molar-refractivity contribution in [2.75, 3.05) is 45.5 Å². The van der Waals surface area contributed by atoms with Crippen molar-refractivity contribution in [2.24, 2.45) is 4.99 Å². The smallest absolute Gasteiger partial charge is 0.190 e. The monoisotopic (exact) mass is 494 g/mol. The number of nitrogens with one attached hydrogen (secondary N) is 2. The van der Waals surface area contributed by atoms with Crippen molar-refractivity contribution in [1.82, 2.24) is 15.5 Å². The second-order valence-electron chi connectivity index (χ2n) is 6.34. The van der Waals surface area contributed by atoms with E-state index in [0.717, 1.165) is 36.1 Å². The van der Waals surface area contributed by atoms with Gasteiger partial charge in [-0.05, 0) is 81.8 Å². The van der Waals surface area contributed by atoms with Gasteiger partial charge < -0.3 is 15.5 Å². The maximum absolute atomic E-state index is 12.8. The standard InChI is InChI=1S/C19H31FN4S.HI/c1-21-19(22-11-2-3-13-24-14-4-5-15-24)23-12-6-16-25-18-9-7-17(20)8-10-18;/h7-10H,2-6,11-16H2,1H3,(H2,21,22,23);1H. The van der Waals surface area contributed by atoms with E-state index in [9.17, 15) is 4.39 Å². The highest BCUT2D eigenvalue weighted by atomic mass is 127. The molecule has 1 aliphatic rings. The summed E-state index contributed by atoms with van der Waals surface area (Å²) >= 11 is 1.75.